The summed E-state index contributed by atoms with van der Waals surface area (Å²) in [6.45, 7) is -0.566. The van der Waals surface area contributed by atoms with E-state index in [9.17, 15) is 22.8 Å². The molecule has 0 bridgehead atoms. The van der Waals surface area contributed by atoms with Crippen LogP contribution in [0.1, 0.15) is 11.1 Å². The van der Waals surface area contributed by atoms with Gasteiger partial charge < -0.3 is 15.8 Å². The molecule has 1 aliphatic heterocycles. The second kappa shape index (κ2) is 8.80. The van der Waals surface area contributed by atoms with E-state index in [1.165, 1.54) is 36.4 Å². The van der Waals surface area contributed by atoms with Gasteiger partial charge >= 0.3 is 6.18 Å². The van der Waals surface area contributed by atoms with Crippen LogP contribution >= 0.6 is 23.4 Å². The lowest BCUT2D eigenvalue weighted by Crippen LogP contribution is -2.22. The molecule has 3 rings (SSSR count). The van der Waals surface area contributed by atoms with E-state index in [0.29, 0.717) is 10.6 Å². The van der Waals surface area contributed by atoms with Gasteiger partial charge in [0, 0.05) is 10.6 Å². The number of nitrogens with two attached hydrogens (primary N) is 1. The number of benzene rings is 2. The highest BCUT2D eigenvalue weighted by atomic mass is 35.5. The second-order valence-corrected chi connectivity index (χ2v) is 7.43. The van der Waals surface area contributed by atoms with Crippen molar-refractivity contribution in [1.29, 1.82) is 0 Å². The van der Waals surface area contributed by atoms with Gasteiger partial charge in [-0.25, -0.2) is 0 Å². The molecule has 1 heterocycles. The van der Waals surface area contributed by atoms with Crippen LogP contribution in [-0.4, -0.2) is 23.6 Å². The minimum Gasteiger partial charge on any atom is -0.483 e. The number of ether oxygens (including phenoxy) is 1. The van der Waals surface area contributed by atoms with Gasteiger partial charge in [-0.15, -0.1) is 0 Å². The SMILES string of the molecule is NC1=NC(=O)/C(=C/c2cc(Cl)ccc2OCC(=O)Nc2ccccc2C(F)(F)F)S1. The van der Waals surface area contributed by atoms with Crippen molar-refractivity contribution < 1.29 is 27.5 Å². The Labute approximate surface area is 177 Å². The first-order valence-electron chi connectivity index (χ1n) is 8.30. The number of thioether (sulfide) groups is 1. The summed E-state index contributed by atoms with van der Waals surface area (Å²) < 4.78 is 44.6. The minimum atomic E-state index is -4.62. The third-order valence-corrected chi connectivity index (χ3v) is 4.81. The van der Waals surface area contributed by atoms with Crippen LogP contribution in [0, 0.1) is 0 Å². The zero-order valence-corrected chi connectivity index (χ0v) is 16.6. The average molecular weight is 456 g/mol. The number of aliphatic imine (C=N–C) groups is 1. The number of nitrogens with one attached hydrogen (secondary N) is 1. The number of anilines is 1. The molecule has 0 spiro atoms. The Balaban J connectivity index is 1.73. The van der Waals surface area contributed by atoms with Crippen molar-refractivity contribution in [2.75, 3.05) is 11.9 Å². The molecule has 6 nitrogen and oxygen atoms in total. The van der Waals surface area contributed by atoms with E-state index in [1.54, 1.807) is 0 Å². The summed E-state index contributed by atoms with van der Waals surface area (Å²) in [4.78, 5) is 27.8. The lowest BCUT2D eigenvalue weighted by Gasteiger charge is -2.14. The number of amidine groups is 1. The molecule has 0 aromatic heterocycles. The number of hydrogen-bond acceptors (Lipinski definition) is 5. The topological polar surface area (TPSA) is 93.8 Å². The van der Waals surface area contributed by atoms with E-state index >= 15 is 0 Å². The molecule has 2 aromatic carbocycles. The molecule has 0 saturated heterocycles. The molecule has 156 valence electrons. The predicted octanol–water partition coefficient (Wildman–Crippen LogP) is 4.31. The Morgan fingerprint density at radius 1 is 1.27 bits per heavy atom. The highest BCUT2D eigenvalue weighted by molar-refractivity contribution is 8.18. The fraction of sp³-hybridized carbons (Fsp3) is 0.105. The Bertz CT molecular complexity index is 1070. The number of rotatable bonds is 5. The number of nitrogens with zero attached hydrogens (tertiary/aromatic N) is 1. The number of para-hydroxylation sites is 1. The maximum Gasteiger partial charge on any atom is 0.418 e. The van der Waals surface area contributed by atoms with Crippen LogP contribution < -0.4 is 15.8 Å². The molecule has 1 aliphatic rings. The number of alkyl halides is 3. The summed E-state index contributed by atoms with van der Waals surface area (Å²) >= 11 is 6.95. The monoisotopic (exact) mass is 455 g/mol. The molecule has 0 aliphatic carbocycles. The van der Waals surface area contributed by atoms with Gasteiger partial charge in [-0.3, -0.25) is 9.59 Å². The number of amides is 2. The van der Waals surface area contributed by atoms with Crippen LogP contribution in [0.15, 0.2) is 52.4 Å². The summed E-state index contributed by atoms with van der Waals surface area (Å²) in [7, 11) is 0. The third-order valence-electron chi connectivity index (χ3n) is 3.76. The van der Waals surface area contributed by atoms with E-state index < -0.39 is 30.2 Å². The number of carbonyl (C=O) groups is 2. The van der Waals surface area contributed by atoms with Crippen LogP contribution in [-0.2, 0) is 15.8 Å². The van der Waals surface area contributed by atoms with Gasteiger partial charge in [0.2, 0.25) is 0 Å². The lowest BCUT2D eigenvalue weighted by molar-refractivity contribution is -0.137. The molecular weight excluding hydrogens is 443 g/mol. The zero-order chi connectivity index (χ0) is 21.9. The molecule has 11 heteroatoms. The molecule has 0 saturated carbocycles. The standard InChI is InChI=1S/C19H13ClF3N3O3S/c20-11-5-6-14(10(7-11)8-15-17(28)26-18(24)30-15)29-9-16(27)25-13-4-2-1-3-12(13)19(21,22)23/h1-8H,9H2,(H,25,27)(H2,24,26,28)/b15-8-. The predicted molar refractivity (Wildman–Crippen MR) is 109 cm³/mol. The van der Waals surface area contributed by atoms with E-state index in [-0.39, 0.29) is 21.5 Å². The van der Waals surface area contributed by atoms with E-state index in [0.717, 1.165) is 23.9 Å². The Morgan fingerprint density at radius 3 is 2.67 bits per heavy atom. The maximum atomic E-state index is 13.0. The quantitative estimate of drug-likeness (QED) is 0.655. The van der Waals surface area contributed by atoms with Crippen molar-refractivity contribution in [2.45, 2.75) is 6.18 Å². The highest BCUT2D eigenvalue weighted by Crippen LogP contribution is 2.35. The fourth-order valence-electron chi connectivity index (χ4n) is 2.50. The van der Waals surface area contributed by atoms with Gasteiger partial charge in [-0.1, -0.05) is 23.7 Å². The summed E-state index contributed by atoms with van der Waals surface area (Å²) in [5, 5.41) is 2.63. The molecule has 3 N–H and O–H groups in total. The van der Waals surface area contributed by atoms with Crippen molar-refractivity contribution in [3.05, 3.63) is 63.5 Å². The lowest BCUT2D eigenvalue weighted by atomic mass is 10.1. The summed E-state index contributed by atoms with van der Waals surface area (Å²) in [5.74, 6) is -1.12. The van der Waals surface area contributed by atoms with Crippen molar-refractivity contribution in [3.8, 4) is 5.75 Å². The van der Waals surface area contributed by atoms with E-state index in [1.807, 2.05) is 0 Å². The van der Waals surface area contributed by atoms with Crippen LogP contribution in [0.2, 0.25) is 5.02 Å². The van der Waals surface area contributed by atoms with Gasteiger partial charge in [0.1, 0.15) is 5.75 Å². The first-order valence-corrected chi connectivity index (χ1v) is 9.49. The van der Waals surface area contributed by atoms with Gasteiger partial charge in [0.15, 0.2) is 11.8 Å². The van der Waals surface area contributed by atoms with Crippen LogP contribution in [0.4, 0.5) is 18.9 Å². The van der Waals surface area contributed by atoms with Crippen LogP contribution in [0.25, 0.3) is 6.08 Å². The van der Waals surface area contributed by atoms with Gasteiger partial charge in [0.05, 0.1) is 16.2 Å². The largest absolute Gasteiger partial charge is 0.483 e. The number of halogens is 4. The maximum absolute atomic E-state index is 13.0. The molecule has 2 amide bonds. The van der Waals surface area contributed by atoms with Crippen LogP contribution in [0.5, 0.6) is 5.75 Å². The Kier molecular flexibility index (Phi) is 6.37. The van der Waals surface area contributed by atoms with Gasteiger partial charge in [0.25, 0.3) is 11.8 Å². The van der Waals surface area contributed by atoms with Crippen molar-refractivity contribution in [3.63, 3.8) is 0 Å². The molecule has 0 radical (unpaired) electrons. The zero-order valence-electron chi connectivity index (χ0n) is 15.0. The Morgan fingerprint density at radius 2 is 2.00 bits per heavy atom. The van der Waals surface area contributed by atoms with Gasteiger partial charge in [-0.2, -0.15) is 18.2 Å². The molecule has 30 heavy (non-hydrogen) atoms. The highest BCUT2D eigenvalue weighted by Gasteiger charge is 2.33. The average Bonchev–Trinajstić information content (AvgIpc) is 2.97. The van der Waals surface area contributed by atoms with Crippen LogP contribution in [0.3, 0.4) is 0 Å². The van der Waals surface area contributed by atoms with E-state index in [4.69, 9.17) is 22.1 Å². The molecule has 2 aromatic rings. The smallest absolute Gasteiger partial charge is 0.418 e. The van der Waals surface area contributed by atoms with Gasteiger partial charge in [-0.05, 0) is 48.2 Å². The number of carbonyl (C=O) groups excluding carboxylic acids is 2. The molecule has 0 atom stereocenters. The Hall–Kier alpha value is -2.98. The molecule has 0 fully saturated rings. The van der Waals surface area contributed by atoms with Crippen molar-refractivity contribution in [2.24, 2.45) is 10.7 Å². The molecular formula is C19H13ClF3N3O3S. The van der Waals surface area contributed by atoms with E-state index in [2.05, 4.69) is 10.3 Å². The van der Waals surface area contributed by atoms with Crippen molar-refractivity contribution >= 4 is 52.1 Å². The third kappa shape index (κ3) is 5.33. The summed E-state index contributed by atoms with van der Waals surface area (Å²) in [5.41, 5.74) is 4.55. The van der Waals surface area contributed by atoms with Crippen molar-refractivity contribution in [1.82, 2.24) is 0 Å². The first kappa shape index (κ1) is 21.7. The first-order chi connectivity index (χ1) is 14.1. The normalized spacial score (nSPS) is 15.3. The number of hydrogen-bond donors (Lipinski definition) is 2. The summed E-state index contributed by atoms with van der Waals surface area (Å²) in [6.07, 6.45) is -3.16. The minimum absolute atomic E-state index is 0.0958. The molecule has 0 unspecified atom stereocenters. The summed E-state index contributed by atoms with van der Waals surface area (Å²) in [6, 6.07) is 9.09. The second-order valence-electron chi connectivity index (χ2n) is 5.93. The fourth-order valence-corrected chi connectivity index (χ4v) is 3.35.